The normalized spacial score (nSPS) is 14.0. The molecule has 0 saturated heterocycles. The smallest absolute Gasteiger partial charge is 0.236 e. The van der Waals surface area contributed by atoms with Crippen molar-refractivity contribution >= 4 is 5.91 Å². The van der Waals surface area contributed by atoms with Gasteiger partial charge in [-0.3, -0.25) is 9.69 Å². The van der Waals surface area contributed by atoms with Crippen LogP contribution < -0.4 is 5.73 Å². The van der Waals surface area contributed by atoms with E-state index in [-0.39, 0.29) is 18.0 Å². The molecule has 118 valence electrons. The summed E-state index contributed by atoms with van der Waals surface area (Å²) in [5.41, 5.74) is 8.55. The lowest BCUT2D eigenvalue weighted by molar-refractivity contribution is -0.132. The highest BCUT2D eigenvalue weighted by atomic mass is 16.2. The highest BCUT2D eigenvalue weighted by molar-refractivity contribution is 5.78. The van der Waals surface area contributed by atoms with Gasteiger partial charge in [0.1, 0.15) is 0 Å². The van der Waals surface area contributed by atoms with Crippen LogP contribution in [0.5, 0.6) is 0 Å². The number of rotatable bonds is 7. The summed E-state index contributed by atoms with van der Waals surface area (Å²) in [5.74, 6) is 0.154. The lowest BCUT2D eigenvalue weighted by atomic mass is 9.98. The maximum Gasteiger partial charge on any atom is 0.236 e. The Morgan fingerprint density at radius 2 is 1.90 bits per heavy atom. The van der Waals surface area contributed by atoms with Gasteiger partial charge in [0.15, 0.2) is 0 Å². The fourth-order valence-electron chi connectivity index (χ4n) is 2.80. The SMILES string of the molecule is CCN(CC)C(=O)CN(C)C(c1cccc(C)c1)C(C)N. The van der Waals surface area contributed by atoms with Gasteiger partial charge in [-0.05, 0) is 40.3 Å². The average molecular weight is 291 g/mol. The Bertz CT molecular complexity index is 455. The molecule has 0 aliphatic rings. The number of hydrogen-bond donors (Lipinski definition) is 1. The molecule has 0 saturated carbocycles. The van der Waals surface area contributed by atoms with Gasteiger partial charge in [-0.15, -0.1) is 0 Å². The van der Waals surface area contributed by atoms with E-state index in [1.165, 1.54) is 11.1 Å². The largest absolute Gasteiger partial charge is 0.342 e. The van der Waals surface area contributed by atoms with Gasteiger partial charge >= 0.3 is 0 Å². The minimum absolute atomic E-state index is 0.0405. The van der Waals surface area contributed by atoms with E-state index < -0.39 is 0 Å². The van der Waals surface area contributed by atoms with E-state index in [1.807, 2.05) is 38.8 Å². The maximum atomic E-state index is 12.3. The van der Waals surface area contributed by atoms with E-state index in [1.54, 1.807) is 0 Å². The molecule has 4 heteroatoms. The fourth-order valence-corrected chi connectivity index (χ4v) is 2.80. The van der Waals surface area contributed by atoms with Gasteiger partial charge in [-0.2, -0.15) is 0 Å². The first kappa shape index (κ1) is 17.7. The van der Waals surface area contributed by atoms with Crippen molar-refractivity contribution in [3.05, 3.63) is 35.4 Å². The van der Waals surface area contributed by atoms with Crippen molar-refractivity contribution in [2.75, 3.05) is 26.7 Å². The molecule has 0 bridgehead atoms. The van der Waals surface area contributed by atoms with Crippen molar-refractivity contribution in [3.8, 4) is 0 Å². The van der Waals surface area contributed by atoms with Gasteiger partial charge in [0.25, 0.3) is 0 Å². The van der Waals surface area contributed by atoms with E-state index in [0.717, 1.165) is 13.1 Å². The minimum Gasteiger partial charge on any atom is -0.342 e. The highest BCUT2D eigenvalue weighted by Crippen LogP contribution is 2.23. The zero-order valence-electron chi connectivity index (χ0n) is 14.0. The van der Waals surface area contributed by atoms with Crippen molar-refractivity contribution in [1.29, 1.82) is 0 Å². The van der Waals surface area contributed by atoms with Crippen molar-refractivity contribution in [2.24, 2.45) is 5.73 Å². The van der Waals surface area contributed by atoms with Crippen LogP contribution in [-0.2, 0) is 4.79 Å². The summed E-state index contributed by atoms with van der Waals surface area (Å²) < 4.78 is 0. The van der Waals surface area contributed by atoms with Crippen LogP contribution in [0.4, 0.5) is 0 Å². The number of benzene rings is 1. The Labute approximate surface area is 128 Å². The zero-order valence-corrected chi connectivity index (χ0v) is 14.0. The van der Waals surface area contributed by atoms with Crippen LogP contribution in [0.25, 0.3) is 0 Å². The van der Waals surface area contributed by atoms with Crippen LogP contribution in [0.2, 0.25) is 0 Å². The Kier molecular flexibility index (Phi) is 6.85. The Morgan fingerprint density at radius 3 is 2.38 bits per heavy atom. The van der Waals surface area contributed by atoms with E-state index in [9.17, 15) is 4.79 Å². The first-order chi connectivity index (χ1) is 9.90. The van der Waals surface area contributed by atoms with Crippen molar-refractivity contribution in [2.45, 2.75) is 39.8 Å². The monoisotopic (exact) mass is 291 g/mol. The first-order valence-electron chi connectivity index (χ1n) is 7.70. The molecule has 2 atom stereocenters. The molecule has 4 nitrogen and oxygen atoms in total. The molecule has 0 aliphatic heterocycles. The number of hydrogen-bond acceptors (Lipinski definition) is 3. The summed E-state index contributed by atoms with van der Waals surface area (Å²) in [6, 6.07) is 8.35. The van der Waals surface area contributed by atoms with Gasteiger partial charge in [0, 0.05) is 25.2 Å². The van der Waals surface area contributed by atoms with Crippen LogP contribution in [0.3, 0.4) is 0 Å². The molecule has 1 aromatic carbocycles. The molecule has 0 fully saturated rings. The van der Waals surface area contributed by atoms with E-state index in [0.29, 0.717) is 6.54 Å². The second kappa shape index (κ2) is 8.15. The number of nitrogens with two attached hydrogens (primary N) is 1. The van der Waals surface area contributed by atoms with Gasteiger partial charge in [0.2, 0.25) is 5.91 Å². The molecule has 21 heavy (non-hydrogen) atoms. The molecule has 0 heterocycles. The van der Waals surface area contributed by atoms with E-state index in [2.05, 4.69) is 30.0 Å². The Morgan fingerprint density at radius 1 is 1.29 bits per heavy atom. The molecule has 2 N–H and O–H groups in total. The van der Waals surface area contributed by atoms with Crippen molar-refractivity contribution in [3.63, 3.8) is 0 Å². The summed E-state index contributed by atoms with van der Waals surface area (Å²) >= 11 is 0. The van der Waals surface area contributed by atoms with Crippen LogP contribution in [0.1, 0.15) is 37.9 Å². The first-order valence-corrected chi connectivity index (χ1v) is 7.70. The van der Waals surface area contributed by atoms with Gasteiger partial charge < -0.3 is 10.6 Å². The van der Waals surface area contributed by atoms with Crippen molar-refractivity contribution in [1.82, 2.24) is 9.80 Å². The third-order valence-corrected chi connectivity index (χ3v) is 3.86. The summed E-state index contributed by atoms with van der Waals surface area (Å²) in [4.78, 5) is 16.2. The third-order valence-electron chi connectivity index (χ3n) is 3.86. The predicted molar refractivity (Wildman–Crippen MR) is 88.1 cm³/mol. The Balaban J connectivity index is 2.88. The van der Waals surface area contributed by atoms with Gasteiger partial charge in [-0.25, -0.2) is 0 Å². The molecule has 0 aliphatic carbocycles. The molecule has 1 aromatic rings. The standard InChI is InChI=1S/C17H29N3O/c1-6-20(7-2)16(21)12-19(5)17(14(4)18)15-10-8-9-13(3)11-15/h8-11,14,17H,6-7,12,18H2,1-5H3. The number of nitrogens with zero attached hydrogens (tertiary/aromatic N) is 2. The molecule has 0 radical (unpaired) electrons. The molecule has 1 amide bonds. The van der Waals surface area contributed by atoms with Crippen LogP contribution in [0.15, 0.2) is 24.3 Å². The van der Waals surface area contributed by atoms with Gasteiger partial charge in [-0.1, -0.05) is 29.8 Å². The molecular weight excluding hydrogens is 262 g/mol. The number of carbonyl (C=O) groups excluding carboxylic acids is 1. The van der Waals surface area contributed by atoms with Crippen LogP contribution in [0, 0.1) is 6.92 Å². The topological polar surface area (TPSA) is 49.6 Å². The molecule has 0 aromatic heterocycles. The van der Waals surface area contributed by atoms with Crippen LogP contribution in [-0.4, -0.2) is 48.4 Å². The molecule has 2 unspecified atom stereocenters. The van der Waals surface area contributed by atoms with E-state index >= 15 is 0 Å². The maximum absolute atomic E-state index is 12.3. The summed E-state index contributed by atoms with van der Waals surface area (Å²) in [5, 5.41) is 0. The number of likely N-dealkylation sites (N-methyl/N-ethyl adjacent to an activating group) is 2. The minimum atomic E-state index is -0.0405. The second-order valence-corrected chi connectivity index (χ2v) is 5.70. The average Bonchev–Trinajstić information content (AvgIpc) is 2.39. The van der Waals surface area contributed by atoms with E-state index in [4.69, 9.17) is 5.73 Å². The number of aryl methyl sites for hydroxylation is 1. The Hall–Kier alpha value is -1.39. The second-order valence-electron chi connectivity index (χ2n) is 5.70. The van der Waals surface area contributed by atoms with Crippen molar-refractivity contribution < 1.29 is 4.79 Å². The zero-order chi connectivity index (χ0) is 16.0. The number of carbonyl (C=O) groups is 1. The quantitative estimate of drug-likeness (QED) is 0.838. The highest BCUT2D eigenvalue weighted by Gasteiger charge is 2.24. The lowest BCUT2D eigenvalue weighted by Crippen LogP contribution is -2.44. The fraction of sp³-hybridized carbons (Fsp3) is 0.588. The van der Waals surface area contributed by atoms with Crippen LogP contribution >= 0.6 is 0 Å². The third kappa shape index (κ3) is 4.83. The summed E-state index contributed by atoms with van der Waals surface area (Å²) in [6.45, 7) is 9.96. The summed E-state index contributed by atoms with van der Waals surface area (Å²) in [7, 11) is 1.97. The molecule has 1 rings (SSSR count). The summed E-state index contributed by atoms with van der Waals surface area (Å²) in [6.07, 6.45) is 0. The predicted octanol–water partition coefficient (Wildman–Crippen LogP) is 2.18. The van der Waals surface area contributed by atoms with Gasteiger partial charge in [0.05, 0.1) is 6.54 Å². The lowest BCUT2D eigenvalue weighted by Gasteiger charge is -2.32. The molecule has 0 spiro atoms. The molecular formula is C17H29N3O. The number of amides is 1.